The predicted octanol–water partition coefficient (Wildman–Crippen LogP) is 2.94. The molecule has 142 valence electrons. The number of carbonyl (C=O) groups is 2. The smallest absolute Gasteiger partial charge is 0.311 e. The van der Waals surface area contributed by atoms with E-state index < -0.39 is 28.2 Å². The largest absolute Gasteiger partial charge is 0.502 e. The van der Waals surface area contributed by atoms with Gasteiger partial charge in [0.25, 0.3) is 5.91 Å². The van der Waals surface area contributed by atoms with Crippen LogP contribution >= 0.6 is 0 Å². The number of furan rings is 1. The summed E-state index contributed by atoms with van der Waals surface area (Å²) in [4.78, 5) is 34.5. The van der Waals surface area contributed by atoms with Gasteiger partial charge in [0.1, 0.15) is 0 Å². The summed E-state index contributed by atoms with van der Waals surface area (Å²) in [5.74, 6) is -2.05. The highest BCUT2D eigenvalue weighted by Gasteiger charge is 2.20. The highest BCUT2D eigenvalue weighted by molar-refractivity contribution is 6.01. The molecule has 3 aromatic rings. The molecule has 3 rings (SSSR count). The van der Waals surface area contributed by atoms with Gasteiger partial charge in [-0.2, -0.15) is 0 Å². The zero-order chi connectivity index (χ0) is 20.3. The third kappa shape index (κ3) is 3.83. The molecule has 2 amide bonds. The van der Waals surface area contributed by atoms with Crippen LogP contribution in [0.15, 0.2) is 59.2 Å². The van der Waals surface area contributed by atoms with Crippen molar-refractivity contribution in [2.24, 2.45) is 0 Å². The van der Waals surface area contributed by atoms with Crippen molar-refractivity contribution in [1.82, 2.24) is 10.9 Å². The van der Waals surface area contributed by atoms with Crippen molar-refractivity contribution in [3.8, 4) is 16.9 Å². The minimum Gasteiger partial charge on any atom is -0.502 e. The van der Waals surface area contributed by atoms with Gasteiger partial charge in [0.15, 0.2) is 5.75 Å². The lowest BCUT2D eigenvalue weighted by molar-refractivity contribution is -0.385. The van der Waals surface area contributed by atoms with Crippen LogP contribution in [0, 0.1) is 17.0 Å². The van der Waals surface area contributed by atoms with Crippen LogP contribution in [-0.2, 0) is 0 Å². The molecule has 0 saturated carbocycles. The molecule has 0 aliphatic heterocycles. The average Bonchev–Trinajstić information content (AvgIpc) is 3.16. The molecule has 0 atom stereocenters. The number of benzene rings is 2. The molecule has 1 heterocycles. The molecule has 0 radical (unpaired) electrons. The topological polar surface area (TPSA) is 135 Å². The third-order valence-corrected chi connectivity index (χ3v) is 3.96. The van der Waals surface area contributed by atoms with Gasteiger partial charge < -0.3 is 9.52 Å². The molecule has 9 nitrogen and oxygen atoms in total. The van der Waals surface area contributed by atoms with Gasteiger partial charge in [0, 0.05) is 17.2 Å². The lowest BCUT2D eigenvalue weighted by Crippen LogP contribution is -2.41. The summed E-state index contributed by atoms with van der Waals surface area (Å²) in [6.07, 6.45) is 1.36. The van der Waals surface area contributed by atoms with Crippen LogP contribution in [0.5, 0.6) is 5.75 Å². The number of amides is 2. The minimum absolute atomic E-state index is 0.000778. The van der Waals surface area contributed by atoms with E-state index in [4.69, 9.17) is 4.42 Å². The Morgan fingerprint density at radius 2 is 1.71 bits per heavy atom. The Morgan fingerprint density at radius 3 is 2.39 bits per heavy atom. The number of nitro benzene ring substituents is 1. The quantitative estimate of drug-likeness (QED) is 0.470. The summed E-state index contributed by atoms with van der Waals surface area (Å²) in [6, 6.07) is 12.2. The molecule has 0 aliphatic rings. The van der Waals surface area contributed by atoms with E-state index in [9.17, 15) is 24.8 Å². The van der Waals surface area contributed by atoms with Crippen LogP contribution in [-0.4, -0.2) is 21.8 Å². The molecule has 0 spiro atoms. The van der Waals surface area contributed by atoms with E-state index >= 15 is 0 Å². The maximum absolute atomic E-state index is 12.4. The lowest BCUT2D eigenvalue weighted by atomic mass is 10.0. The highest BCUT2D eigenvalue weighted by Crippen LogP contribution is 2.26. The third-order valence-electron chi connectivity index (χ3n) is 3.96. The number of phenols is 1. The van der Waals surface area contributed by atoms with Crippen molar-refractivity contribution >= 4 is 17.5 Å². The Bertz CT molecular complexity index is 1060. The fourth-order valence-electron chi connectivity index (χ4n) is 2.50. The van der Waals surface area contributed by atoms with E-state index in [1.807, 2.05) is 31.2 Å². The van der Waals surface area contributed by atoms with Gasteiger partial charge in [0.05, 0.1) is 11.2 Å². The van der Waals surface area contributed by atoms with Crippen LogP contribution in [0.4, 0.5) is 5.69 Å². The summed E-state index contributed by atoms with van der Waals surface area (Å²) in [7, 11) is 0. The summed E-state index contributed by atoms with van der Waals surface area (Å²) < 4.78 is 5.23. The van der Waals surface area contributed by atoms with E-state index in [-0.39, 0.29) is 11.3 Å². The highest BCUT2D eigenvalue weighted by atomic mass is 16.6. The van der Waals surface area contributed by atoms with Gasteiger partial charge in [-0.3, -0.25) is 30.6 Å². The standard InChI is InChI=1S/C19H15N3O6/c1-11-2-4-12(5-3-11)14-8-9-28-17(14)19(25)21-20-18(24)13-6-7-16(23)15(10-13)22(26)27/h2-10,23H,1H3,(H,20,24)(H,21,25). The van der Waals surface area contributed by atoms with E-state index in [2.05, 4.69) is 10.9 Å². The SMILES string of the molecule is Cc1ccc(-c2ccoc2C(=O)NNC(=O)c2ccc(O)c([N+](=O)[O-])c2)cc1. The molecule has 0 bridgehead atoms. The van der Waals surface area contributed by atoms with E-state index in [1.54, 1.807) is 6.07 Å². The van der Waals surface area contributed by atoms with Crippen LogP contribution in [0.2, 0.25) is 0 Å². The number of hydrogen-bond donors (Lipinski definition) is 3. The summed E-state index contributed by atoms with van der Waals surface area (Å²) in [5, 5.41) is 20.3. The Kier molecular flexibility index (Phi) is 5.07. The number of nitrogens with zero attached hydrogens (tertiary/aromatic N) is 1. The minimum atomic E-state index is -0.818. The second-order valence-corrected chi connectivity index (χ2v) is 5.90. The van der Waals surface area contributed by atoms with E-state index in [0.717, 1.165) is 23.3 Å². The molecule has 0 aliphatic carbocycles. The predicted molar refractivity (Wildman–Crippen MR) is 98.6 cm³/mol. The number of carbonyl (C=O) groups excluding carboxylic acids is 2. The normalized spacial score (nSPS) is 10.3. The molecule has 0 fully saturated rings. The zero-order valence-electron chi connectivity index (χ0n) is 14.6. The number of rotatable bonds is 4. The molecule has 28 heavy (non-hydrogen) atoms. The Balaban J connectivity index is 1.72. The fourth-order valence-corrected chi connectivity index (χ4v) is 2.50. The van der Waals surface area contributed by atoms with Gasteiger partial charge in [-0.1, -0.05) is 29.8 Å². The van der Waals surface area contributed by atoms with Crippen LogP contribution in [0.3, 0.4) is 0 Å². The second kappa shape index (κ2) is 7.62. The van der Waals surface area contributed by atoms with Gasteiger partial charge in [0.2, 0.25) is 5.76 Å². The molecular formula is C19H15N3O6. The molecule has 2 aromatic carbocycles. The Labute approximate surface area is 158 Å². The molecule has 1 aromatic heterocycles. The Morgan fingerprint density at radius 1 is 1.04 bits per heavy atom. The number of nitro groups is 1. The monoisotopic (exact) mass is 381 g/mol. The summed E-state index contributed by atoms with van der Waals surface area (Å²) >= 11 is 0. The fraction of sp³-hybridized carbons (Fsp3) is 0.0526. The zero-order valence-corrected chi connectivity index (χ0v) is 14.6. The molecule has 0 unspecified atom stereocenters. The second-order valence-electron chi connectivity index (χ2n) is 5.90. The Hall–Kier alpha value is -4.14. The van der Waals surface area contributed by atoms with Crippen molar-refractivity contribution in [3.05, 3.63) is 81.8 Å². The lowest BCUT2D eigenvalue weighted by Gasteiger charge is -2.08. The first-order chi connectivity index (χ1) is 13.4. The van der Waals surface area contributed by atoms with Gasteiger partial charge in [-0.05, 0) is 30.7 Å². The number of phenolic OH excluding ortho intramolecular Hbond substituents is 1. The van der Waals surface area contributed by atoms with Crippen molar-refractivity contribution in [3.63, 3.8) is 0 Å². The number of aryl methyl sites for hydroxylation is 1. The number of hydrazine groups is 1. The maximum atomic E-state index is 12.4. The number of aromatic hydroxyl groups is 1. The van der Waals surface area contributed by atoms with E-state index in [0.29, 0.717) is 5.56 Å². The molecule has 0 saturated heterocycles. The van der Waals surface area contributed by atoms with Gasteiger partial charge in [-0.25, -0.2) is 0 Å². The van der Waals surface area contributed by atoms with Gasteiger partial charge in [-0.15, -0.1) is 0 Å². The van der Waals surface area contributed by atoms with E-state index in [1.165, 1.54) is 12.3 Å². The van der Waals surface area contributed by atoms with Gasteiger partial charge >= 0.3 is 11.6 Å². The maximum Gasteiger partial charge on any atom is 0.311 e. The van der Waals surface area contributed by atoms with Crippen LogP contribution < -0.4 is 10.9 Å². The molecule has 9 heteroatoms. The number of nitrogens with one attached hydrogen (secondary N) is 2. The van der Waals surface area contributed by atoms with Crippen molar-refractivity contribution in [1.29, 1.82) is 0 Å². The number of hydrogen-bond acceptors (Lipinski definition) is 6. The van der Waals surface area contributed by atoms with Crippen molar-refractivity contribution in [2.45, 2.75) is 6.92 Å². The van der Waals surface area contributed by atoms with Crippen LogP contribution in [0.1, 0.15) is 26.5 Å². The van der Waals surface area contributed by atoms with Crippen LogP contribution in [0.25, 0.3) is 11.1 Å². The average molecular weight is 381 g/mol. The first kappa shape index (κ1) is 18.6. The molecular weight excluding hydrogens is 366 g/mol. The first-order valence-electron chi connectivity index (χ1n) is 8.09. The summed E-state index contributed by atoms with van der Waals surface area (Å²) in [5.41, 5.74) is 6.01. The first-order valence-corrected chi connectivity index (χ1v) is 8.09. The van der Waals surface area contributed by atoms with Crippen molar-refractivity contribution in [2.75, 3.05) is 0 Å². The van der Waals surface area contributed by atoms with Crippen molar-refractivity contribution < 1.29 is 24.0 Å². The summed E-state index contributed by atoms with van der Waals surface area (Å²) in [6.45, 7) is 1.94. The molecule has 3 N–H and O–H groups in total.